The van der Waals surface area contributed by atoms with Crippen molar-refractivity contribution in [1.29, 1.82) is 0 Å². The third kappa shape index (κ3) is 1.65. The molecular formula is C12H13FO. The number of benzene rings is 1. The lowest BCUT2D eigenvalue weighted by Crippen LogP contribution is -1.92. The molecular weight excluding hydrogens is 179 g/mol. The van der Waals surface area contributed by atoms with Crippen molar-refractivity contribution in [2.24, 2.45) is 0 Å². The highest BCUT2D eigenvalue weighted by molar-refractivity contribution is 5.58. The third-order valence-corrected chi connectivity index (χ3v) is 2.59. The molecule has 2 heteroatoms. The van der Waals surface area contributed by atoms with Crippen molar-refractivity contribution in [3.8, 4) is 0 Å². The summed E-state index contributed by atoms with van der Waals surface area (Å²) in [6.45, 7) is 3.63. The highest BCUT2D eigenvalue weighted by atomic mass is 19.1. The molecule has 1 aromatic carbocycles. The quantitative estimate of drug-likeness (QED) is 0.667. The van der Waals surface area contributed by atoms with E-state index >= 15 is 0 Å². The van der Waals surface area contributed by atoms with Gasteiger partial charge >= 0.3 is 0 Å². The first-order chi connectivity index (χ1) is 6.72. The van der Waals surface area contributed by atoms with Gasteiger partial charge in [0, 0.05) is 0 Å². The van der Waals surface area contributed by atoms with Crippen LogP contribution in [0.1, 0.15) is 29.9 Å². The summed E-state index contributed by atoms with van der Waals surface area (Å²) in [6.07, 6.45) is 2.37. The molecule has 0 spiro atoms. The summed E-state index contributed by atoms with van der Waals surface area (Å²) < 4.78 is 18.4. The summed E-state index contributed by atoms with van der Waals surface area (Å²) >= 11 is 0. The molecule has 74 valence electrons. The molecule has 0 atom stereocenters. The fourth-order valence-electron chi connectivity index (χ4n) is 1.54. The summed E-state index contributed by atoms with van der Waals surface area (Å²) in [6, 6.07) is 5.30. The van der Waals surface area contributed by atoms with Crippen LogP contribution in [0, 0.1) is 5.82 Å². The molecule has 1 saturated carbocycles. The van der Waals surface area contributed by atoms with Crippen LogP contribution in [-0.2, 0) is 4.74 Å². The molecule has 0 aliphatic heterocycles. The largest absolute Gasteiger partial charge is 0.497 e. The molecule has 0 aromatic heterocycles. The van der Waals surface area contributed by atoms with E-state index in [-0.39, 0.29) is 5.82 Å². The van der Waals surface area contributed by atoms with Gasteiger partial charge in [-0.25, -0.2) is 4.39 Å². The van der Waals surface area contributed by atoms with E-state index in [9.17, 15) is 4.39 Å². The molecule has 1 nitrogen and oxygen atoms in total. The van der Waals surface area contributed by atoms with Crippen molar-refractivity contribution < 1.29 is 9.13 Å². The second kappa shape index (κ2) is 3.45. The van der Waals surface area contributed by atoms with Gasteiger partial charge in [0.1, 0.15) is 11.6 Å². The topological polar surface area (TPSA) is 9.23 Å². The minimum Gasteiger partial charge on any atom is -0.497 e. The first-order valence-corrected chi connectivity index (χ1v) is 4.75. The Kier molecular flexibility index (Phi) is 2.28. The second-order valence-corrected chi connectivity index (χ2v) is 3.64. The van der Waals surface area contributed by atoms with Crippen LogP contribution in [0.3, 0.4) is 0 Å². The van der Waals surface area contributed by atoms with Crippen molar-refractivity contribution in [2.75, 3.05) is 7.11 Å². The molecule has 0 radical (unpaired) electrons. The van der Waals surface area contributed by atoms with Crippen molar-refractivity contribution in [1.82, 2.24) is 0 Å². The molecule has 1 aliphatic carbocycles. The van der Waals surface area contributed by atoms with E-state index in [2.05, 4.69) is 6.58 Å². The van der Waals surface area contributed by atoms with Crippen LogP contribution < -0.4 is 0 Å². The standard InChI is InChI=1S/C12H13FO/c1-8(14-2)11-6-5-10(7-12(11)13)9-3-4-9/h5-7,9H,1,3-4H2,2H3. The van der Waals surface area contributed by atoms with E-state index in [1.165, 1.54) is 20.0 Å². The average Bonchev–Trinajstić information content (AvgIpc) is 3.00. The van der Waals surface area contributed by atoms with Gasteiger partial charge in [-0.3, -0.25) is 0 Å². The van der Waals surface area contributed by atoms with Crippen molar-refractivity contribution >= 4 is 5.76 Å². The summed E-state index contributed by atoms with van der Waals surface area (Å²) in [5.74, 6) is 0.723. The molecule has 1 aromatic rings. The van der Waals surface area contributed by atoms with Gasteiger partial charge < -0.3 is 4.74 Å². The first-order valence-electron chi connectivity index (χ1n) is 4.75. The Bertz CT molecular complexity index is 367. The van der Waals surface area contributed by atoms with Crippen LogP contribution in [0.2, 0.25) is 0 Å². The van der Waals surface area contributed by atoms with Gasteiger partial charge in [-0.15, -0.1) is 0 Å². The van der Waals surface area contributed by atoms with Crippen molar-refractivity contribution in [3.05, 3.63) is 41.7 Å². The zero-order chi connectivity index (χ0) is 10.1. The van der Waals surface area contributed by atoms with Gasteiger partial charge in [0.15, 0.2) is 0 Å². The molecule has 0 heterocycles. The highest BCUT2D eigenvalue weighted by Crippen LogP contribution is 2.40. The predicted molar refractivity (Wildman–Crippen MR) is 54.4 cm³/mol. The number of hydrogen-bond donors (Lipinski definition) is 0. The van der Waals surface area contributed by atoms with E-state index < -0.39 is 0 Å². The van der Waals surface area contributed by atoms with E-state index in [0.29, 0.717) is 17.2 Å². The minimum absolute atomic E-state index is 0.235. The van der Waals surface area contributed by atoms with Gasteiger partial charge in [-0.1, -0.05) is 12.6 Å². The lowest BCUT2D eigenvalue weighted by atomic mass is 10.1. The molecule has 0 N–H and O–H groups in total. The smallest absolute Gasteiger partial charge is 0.134 e. The maximum absolute atomic E-state index is 13.5. The van der Waals surface area contributed by atoms with Crippen molar-refractivity contribution in [2.45, 2.75) is 18.8 Å². The summed E-state index contributed by atoms with van der Waals surface area (Å²) in [5.41, 5.74) is 1.55. The molecule has 0 saturated heterocycles. The molecule has 0 unspecified atom stereocenters. The number of rotatable bonds is 3. The SMILES string of the molecule is C=C(OC)c1ccc(C2CC2)cc1F. The lowest BCUT2D eigenvalue weighted by Gasteiger charge is -2.07. The minimum atomic E-state index is -0.235. The van der Waals surface area contributed by atoms with Gasteiger partial charge in [-0.2, -0.15) is 0 Å². The fraction of sp³-hybridized carbons (Fsp3) is 0.333. The zero-order valence-corrected chi connectivity index (χ0v) is 8.22. The Labute approximate surface area is 83.2 Å². The van der Waals surface area contributed by atoms with Crippen LogP contribution >= 0.6 is 0 Å². The molecule has 14 heavy (non-hydrogen) atoms. The van der Waals surface area contributed by atoms with E-state index in [1.807, 2.05) is 6.07 Å². The van der Waals surface area contributed by atoms with E-state index in [1.54, 1.807) is 12.1 Å². The monoisotopic (exact) mass is 192 g/mol. The Morgan fingerprint density at radius 3 is 2.71 bits per heavy atom. The normalized spacial score (nSPS) is 15.3. The van der Waals surface area contributed by atoms with Crippen LogP contribution in [0.25, 0.3) is 5.76 Å². The average molecular weight is 192 g/mol. The summed E-state index contributed by atoms with van der Waals surface area (Å²) in [7, 11) is 1.50. The number of methoxy groups -OCH3 is 1. The Morgan fingerprint density at radius 1 is 1.50 bits per heavy atom. The first kappa shape index (κ1) is 9.25. The lowest BCUT2D eigenvalue weighted by molar-refractivity contribution is 0.368. The Hall–Kier alpha value is -1.31. The number of ether oxygens (including phenoxy) is 1. The van der Waals surface area contributed by atoms with Gasteiger partial charge in [-0.05, 0) is 36.5 Å². The zero-order valence-electron chi connectivity index (χ0n) is 8.22. The van der Waals surface area contributed by atoms with Gasteiger partial charge in [0.05, 0.1) is 12.7 Å². The Balaban J connectivity index is 2.30. The van der Waals surface area contributed by atoms with Gasteiger partial charge in [0.2, 0.25) is 0 Å². The second-order valence-electron chi connectivity index (χ2n) is 3.64. The van der Waals surface area contributed by atoms with Crippen LogP contribution in [0.4, 0.5) is 4.39 Å². The molecule has 2 rings (SSSR count). The van der Waals surface area contributed by atoms with E-state index in [4.69, 9.17) is 4.74 Å². The molecule has 0 bridgehead atoms. The van der Waals surface area contributed by atoms with Crippen LogP contribution in [0.15, 0.2) is 24.8 Å². The maximum atomic E-state index is 13.5. The van der Waals surface area contributed by atoms with Crippen LogP contribution in [0.5, 0.6) is 0 Å². The van der Waals surface area contributed by atoms with E-state index in [0.717, 1.165) is 5.56 Å². The predicted octanol–water partition coefficient (Wildman–Crippen LogP) is 3.32. The molecule has 1 aliphatic rings. The Morgan fingerprint density at radius 2 is 2.21 bits per heavy atom. The summed E-state index contributed by atoms with van der Waals surface area (Å²) in [4.78, 5) is 0. The molecule has 0 amide bonds. The van der Waals surface area contributed by atoms with Crippen molar-refractivity contribution in [3.63, 3.8) is 0 Å². The molecule has 1 fully saturated rings. The third-order valence-electron chi connectivity index (χ3n) is 2.59. The summed E-state index contributed by atoms with van der Waals surface area (Å²) in [5, 5.41) is 0. The van der Waals surface area contributed by atoms with Crippen LogP contribution in [-0.4, -0.2) is 7.11 Å². The highest BCUT2D eigenvalue weighted by Gasteiger charge is 2.24. The number of hydrogen-bond acceptors (Lipinski definition) is 1. The maximum Gasteiger partial charge on any atom is 0.134 e. The fourth-order valence-corrected chi connectivity index (χ4v) is 1.54. The number of halogens is 1. The van der Waals surface area contributed by atoms with Gasteiger partial charge in [0.25, 0.3) is 0 Å².